The first kappa shape index (κ1) is 18.2. The number of thiophene rings is 1. The van der Waals surface area contributed by atoms with E-state index < -0.39 is 5.97 Å². The summed E-state index contributed by atoms with van der Waals surface area (Å²) in [6, 6.07) is 6.95. The van der Waals surface area contributed by atoms with Crippen molar-refractivity contribution in [2.45, 2.75) is 6.92 Å². The zero-order valence-electron chi connectivity index (χ0n) is 13.6. The lowest BCUT2D eigenvalue weighted by atomic mass is 10.0. The molecule has 0 radical (unpaired) electrons. The Labute approximate surface area is 149 Å². The van der Waals surface area contributed by atoms with Gasteiger partial charge in [0.05, 0.1) is 17.8 Å². The highest BCUT2D eigenvalue weighted by atomic mass is 35.5. The highest BCUT2D eigenvalue weighted by Crippen LogP contribution is 2.41. The van der Waals surface area contributed by atoms with Gasteiger partial charge in [-0.1, -0.05) is 23.7 Å². The Morgan fingerprint density at radius 2 is 2.00 bits per heavy atom. The molecule has 0 saturated heterocycles. The van der Waals surface area contributed by atoms with Gasteiger partial charge in [0.25, 0.3) is 0 Å². The number of ether oxygens (including phenoxy) is 1. The number of esters is 1. The summed E-state index contributed by atoms with van der Waals surface area (Å²) in [6.07, 6.45) is 2.31. The van der Waals surface area contributed by atoms with Crippen molar-refractivity contribution in [3.63, 3.8) is 0 Å². The van der Waals surface area contributed by atoms with Crippen LogP contribution in [0, 0.1) is 0 Å². The summed E-state index contributed by atoms with van der Waals surface area (Å²) in [6.45, 7) is 1.97. The molecular formula is C17H17ClN2O3S. The second-order valence-corrected chi connectivity index (χ2v) is 6.54. The highest BCUT2D eigenvalue weighted by Gasteiger charge is 2.25. The van der Waals surface area contributed by atoms with E-state index in [1.807, 2.05) is 14.1 Å². The number of rotatable bonds is 6. The quantitative estimate of drug-likeness (QED) is 0.332. The van der Waals surface area contributed by atoms with Crippen molar-refractivity contribution in [2.24, 2.45) is 4.99 Å². The fourth-order valence-corrected chi connectivity index (χ4v) is 3.17. The van der Waals surface area contributed by atoms with Crippen molar-refractivity contribution in [3.05, 3.63) is 39.7 Å². The fraction of sp³-hybridized carbons (Fsp3) is 0.235. The first-order chi connectivity index (χ1) is 11.5. The van der Waals surface area contributed by atoms with Crippen molar-refractivity contribution in [1.82, 2.24) is 4.90 Å². The first-order valence-corrected chi connectivity index (χ1v) is 8.43. The van der Waals surface area contributed by atoms with Gasteiger partial charge in [-0.3, -0.25) is 4.79 Å². The normalized spacial score (nSPS) is 10.8. The maximum absolute atomic E-state index is 12.5. The number of carbonyl (C=O) groups is 2. The van der Waals surface area contributed by atoms with Gasteiger partial charge in [0.1, 0.15) is 10.6 Å². The Morgan fingerprint density at radius 3 is 2.54 bits per heavy atom. The summed E-state index contributed by atoms with van der Waals surface area (Å²) >= 11 is 7.08. The lowest BCUT2D eigenvalue weighted by Crippen LogP contribution is -2.08. The minimum Gasteiger partial charge on any atom is -0.462 e. The fourth-order valence-electron chi connectivity index (χ4n) is 2.07. The molecule has 1 aromatic carbocycles. The number of hydrogen-bond acceptors (Lipinski definition) is 5. The number of hydrogen-bond donors (Lipinski definition) is 0. The average molecular weight is 365 g/mol. The number of carbonyl (C=O) groups excluding carboxylic acids is 2. The van der Waals surface area contributed by atoms with Crippen LogP contribution in [-0.4, -0.2) is 44.2 Å². The molecule has 126 valence electrons. The summed E-state index contributed by atoms with van der Waals surface area (Å²) in [4.78, 5) is 30.5. The van der Waals surface area contributed by atoms with Gasteiger partial charge in [-0.2, -0.15) is 0 Å². The van der Waals surface area contributed by atoms with Gasteiger partial charge >= 0.3 is 5.97 Å². The highest BCUT2D eigenvalue weighted by molar-refractivity contribution is 7.18. The summed E-state index contributed by atoms with van der Waals surface area (Å²) in [5.74, 6) is -0.502. The number of benzene rings is 1. The van der Waals surface area contributed by atoms with Crippen LogP contribution in [0.4, 0.5) is 5.00 Å². The number of aldehydes is 1. The molecule has 0 aliphatic rings. The van der Waals surface area contributed by atoms with Gasteiger partial charge in [0.2, 0.25) is 0 Å². The van der Waals surface area contributed by atoms with E-state index in [0.29, 0.717) is 31.6 Å². The smallest absolute Gasteiger partial charge is 0.341 e. The van der Waals surface area contributed by atoms with Crippen LogP contribution in [0.1, 0.15) is 27.0 Å². The SMILES string of the molecule is CCOC(=O)c1c(N=CN(C)C)sc(C=O)c1-c1ccc(Cl)cc1. The molecule has 5 nitrogen and oxygen atoms in total. The van der Waals surface area contributed by atoms with E-state index in [0.717, 1.165) is 17.6 Å². The van der Waals surface area contributed by atoms with Crippen LogP contribution in [0.5, 0.6) is 0 Å². The van der Waals surface area contributed by atoms with Crippen LogP contribution < -0.4 is 0 Å². The first-order valence-electron chi connectivity index (χ1n) is 7.23. The lowest BCUT2D eigenvalue weighted by molar-refractivity contribution is 0.0529. The molecule has 7 heteroatoms. The van der Waals surface area contributed by atoms with E-state index in [4.69, 9.17) is 16.3 Å². The van der Waals surface area contributed by atoms with Crippen LogP contribution in [-0.2, 0) is 4.74 Å². The molecule has 0 amide bonds. The van der Waals surface area contributed by atoms with Gasteiger partial charge < -0.3 is 9.64 Å². The van der Waals surface area contributed by atoms with Crippen molar-refractivity contribution >= 4 is 46.5 Å². The van der Waals surface area contributed by atoms with Crippen molar-refractivity contribution in [1.29, 1.82) is 0 Å². The third-order valence-electron chi connectivity index (χ3n) is 3.04. The van der Waals surface area contributed by atoms with Gasteiger partial charge in [-0.25, -0.2) is 9.79 Å². The van der Waals surface area contributed by atoms with Crippen molar-refractivity contribution < 1.29 is 14.3 Å². The Bertz CT molecular complexity index is 767. The van der Waals surface area contributed by atoms with Gasteiger partial charge in [0, 0.05) is 24.7 Å². The topological polar surface area (TPSA) is 59.0 Å². The third kappa shape index (κ3) is 4.01. The maximum atomic E-state index is 12.5. The molecular weight excluding hydrogens is 348 g/mol. The second kappa shape index (κ2) is 8.08. The minimum absolute atomic E-state index is 0.238. The van der Waals surface area contributed by atoms with Crippen LogP contribution in [0.2, 0.25) is 5.02 Å². The van der Waals surface area contributed by atoms with E-state index in [1.54, 1.807) is 42.4 Å². The molecule has 0 aliphatic heterocycles. The van der Waals surface area contributed by atoms with Crippen molar-refractivity contribution in [2.75, 3.05) is 20.7 Å². The summed E-state index contributed by atoms with van der Waals surface area (Å²) in [5.41, 5.74) is 1.53. The van der Waals surface area contributed by atoms with Crippen LogP contribution >= 0.6 is 22.9 Å². The molecule has 0 aliphatic carbocycles. The molecule has 0 unspecified atom stereocenters. The number of nitrogens with zero attached hydrogens (tertiary/aromatic N) is 2. The Morgan fingerprint density at radius 1 is 1.33 bits per heavy atom. The third-order valence-corrected chi connectivity index (χ3v) is 4.32. The number of halogens is 1. The van der Waals surface area contributed by atoms with Crippen molar-refractivity contribution in [3.8, 4) is 11.1 Å². The average Bonchev–Trinajstić information content (AvgIpc) is 2.92. The Hall–Kier alpha value is -2.18. The molecule has 0 N–H and O–H groups in total. The molecule has 24 heavy (non-hydrogen) atoms. The molecule has 0 saturated carbocycles. The van der Waals surface area contributed by atoms with E-state index >= 15 is 0 Å². The summed E-state index contributed by atoms with van der Waals surface area (Å²) < 4.78 is 5.16. The summed E-state index contributed by atoms with van der Waals surface area (Å²) in [5, 5.41) is 1.01. The molecule has 2 rings (SSSR count). The zero-order chi connectivity index (χ0) is 17.7. The van der Waals surface area contributed by atoms with Gasteiger partial charge in [-0.05, 0) is 24.6 Å². The molecule has 1 aromatic heterocycles. The summed E-state index contributed by atoms with van der Waals surface area (Å²) in [7, 11) is 3.64. The van der Waals surface area contributed by atoms with E-state index in [9.17, 15) is 9.59 Å². The molecule has 2 aromatic rings. The largest absolute Gasteiger partial charge is 0.462 e. The molecule has 0 atom stereocenters. The lowest BCUT2D eigenvalue weighted by Gasteiger charge is -2.07. The maximum Gasteiger partial charge on any atom is 0.341 e. The van der Waals surface area contributed by atoms with Crippen LogP contribution in [0.25, 0.3) is 11.1 Å². The molecule has 1 heterocycles. The predicted molar refractivity (Wildman–Crippen MR) is 97.9 cm³/mol. The molecule has 0 fully saturated rings. The van der Waals surface area contributed by atoms with Gasteiger partial charge in [-0.15, -0.1) is 11.3 Å². The Kier molecular flexibility index (Phi) is 6.11. The van der Waals surface area contributed by atoms with E-state index in [1.165, 1.54) is 0 Å². The zero-order valence-corrected chi connectivity index (χ0v) is 15.1. The van der Waals surface area contributed by atoms with Gasteiger partial charge in [0.15, 0.2) is 6.29 Å². The molecule has 0 spiro atoms. The monoisotopic (exact) mass is 364 g/mol. The standard InChI is InChI=1S/C17H17ClN2O3S/c1-4-23-17(22)15-14(11-5-7-12(18)8-6-11)13(9-21)24-16(15)19-10-20(2)3/h5-10H,4H2,1-3H3. The number of aliphatic imine (C=N–C) groups is 1. The minimum atomic E-state index is -0.502. The van der Waals surface area contributed by atoms with E-state index in [2.05, 4.69) is 4.99 Å². The molecule has 0 bridgehead atoms. The predicted octanol–water partition coefficient (Wildman–Crippen LogP) is 4.28. The van der Waals surface area contributed by atoms with Crippen LogP contribution in [0.15, 0.2) is 29.3 Å². The van der Waals surface area contributed by atoms with E-state index in [-0.39, 0.29) is 6.61 Å². The Balaban J connectivity index is 2.68. The van der Waals surface area contributed by atoms with Crippen LogP contribution in [0.3, 0.4) is 0 Å². The second-order valence-electron chi connectivity index (χ2n) is 5.07.